The van der Waals surface area contributed by atoms with Gasteiger partial charge in [0, 0.05) is 21.4 Å². The van der Waals surface area contributed by atoms with Crippen molar-refractivity contribution in [2.75, 3.05) is 7.11 Å². The quantitative estimate of drug-likeness (QED) is 0.634. The Morgan fingerprint density at radius 1 is 1.17 bits per heavy atom. The lowest BCUT2D eigenvalue weighted by atomic mass is 10.1. The first-order chi connectivity index (χ1) is 11.2. The number of hydrogen-bond acceptors (Lipinski definition) is 4. The van der Waals surface area contributed by atoms with Crippen LogP contribution in [-0.2, 0) is 5.75 Å². The highest BCUT2D eigenvalue weighted by Gasteiger charge is 2.09. The molecular weight excluding hydrogens is 374 g/mol. The van der Waals surface area contributed by atoms with Gasteiger partial charge in [-0.1, -0.05) is 57.5 Å². The fraction of sp³-hybridized carbons (Fsp3) is 0.176. The van der Waals surface area contributed by atoms with E-state index in [9.17, 15) is 0 Å². The molecule has 0 saturated carbocycles. The molecule has 2 aromatic carbocycles. The Kier molecular flexibility index (Phi) is 5.03. The van der Waals surface area contributed by atoms with Gasteiger partial charge in [0.2, 0.25) is 5.16 Å². The largest absolute Gasteiger partial charge is 0.496 e. The van der Waals surface area contributed by atoms with E-state index in [-0.39, 0.29) is 0 Å². The highest BCUT2D eigenvalue weighted by atomic mass is 79.9. The van der Waals surface area contributed by atoms with Crippen LogP contribution >= 0.6 is 27.7 Å². The second kappa shape index (κ2) is 7.19. The van der Waals surface area contributed by atoms with E-state index in [1.54, 1.807) is 18.9 Å². The number of methoxy groups -OCH3 is 1. The smallest absolute Gasteiger partial charge is 0.209 e. The Morgan fingerprint density at radius 2 is 1.96 bits per heavy atom. The van der Waals surface area contributed by atoms with E-state index in [1.165, 1.54) is 5.56 Å². The summed E-state index contributed by atoms with van der Waals surface area (Å²) >= 11 is 5.07. The summed E-state index contributed by atoms with van der Waals surface area (Å²) in [6.07, 6.45) is 0. The Bertz CT molecular complexity index is 802. The minimum Gasteiger partial charge on any atom is -0.496 e. The molecule has 0 atom stereocenters. The van der Waals surface area contributed by atoms with Gasteiger partial charge in [-0.05, 0) is 25.1 Å². The van der Waals surface area contributed by atoms with Gasteiger partial charge >= 0.3 is 0 Å². The molecule has 23 heavy (non-hydrogen) atoms. The van der Waals surface area contributed by atoms with Crippen molar-refractivity contribution in [1.82, 2.24) is 15.2 Å². The van der Waals surface area contributed by atoms with Gasteiger partial charge in [0.05, 0.1) is 7.11 Å². The molecule has 0 spiro atoms. The molecule has 0 radical (unpaired) electrons. The Labute approximate surface area is 147 Å². The highest BCUT2D eigenvalue weighted by Crippen LogP contribution is 2.29. The summed E-state index contributed by atoms with van der Waals surface area (Å²) in [5.41, 5.74) is 3.37. The van der Waals surface area contributed by atoms with Crippen molar-refractivity contribution in [2.24, 2.45) is 0 Å². The standard InChI is InChI=1S/C17H16BrN3OS/c1-11-3-5-12(6-4-11)16-19-17(21-20-16)23-10-13-9-14(18)7-8-15(13)22-2/h3-9H,10H2,1-2H3,(H,19,20,21). The number of aryl methyl sites for hydroxylation is 1. The van der Waals surface area contributed by atoms with Gasteiger partial charge in [-0.3, -0.25) is 5.10 Å². The zero-order valence-electron chi connectivity index (χ0n) is 12.8. The summed E-state index contributed by atoms with van der Waals surface area (Å²) in [7, 11) is 1.68. The third-order valence-electron chi connectivity index (χ3n) is 3.39. The molecule has 0 unspecified atom stereocenters. The molecule has 0 amide bonds. The first-order valence-corrected chi connectivity index (χ1v) is 8.88. The van der Waals surface area contributed by atoms with Crippen LogP contribution in [0.1, 0.15) is 11.1 Å². The number of aromatic amines is 1. The van der Waals surface area contributed by atoms with Crippen LogP contribution < -0.4 is 4.74 Å². The lowest BCUT2D eigenvalue weighted by Gasteiger charge is -2.07. The lowest BCUT2D eigenvalue weighted by molar-refractivity contribution is 0.411. The van der Waals surface area contributed by atoms with Crippen LogP contribution in [-0.4, -0.2) is 22.3 Å². The second-order valence-corrected chi connectivity index (χ2v) is 6.94. The van der Waals surface area contributed by atoms with Crippen LogP contribution in [0.5, 0.6) is 5.75 Å². The number of benzene rings is 2. The van der Waals surface area contributed by atoms with E-state index in [0.29, 0.717) is 0 Å². The summed E-state index contributed by atoms with van der Waals surface area (Å²) < 4.78 is 6.42. The molecule has 0 aliphatic carbocycles. The third-order valence-corrected chi connectivity index (χ3v) is 4.78. The van der Waals surface area contributed by atoms with Gasteiger partial charge in [-0.25, -0.2) is 4.98 Å². The molecule has 0 aliphatic rings. The molecule has 3 rings (SSSR count). The van der Waals surface area contributed by atoms with Crippen molar-refractivity contribution in [3.63, 3.8) is 0 Å². The average molecular weight is 390 g/mol. The molecule has 1 aromatic heterocycles. The number of nitrogens with zero attached hydrogens (tertiary/aromatic N) is 2. The molecule has 0 saturated heterocycles. The number of H-pyrrole nitrogens is 1. The van der Waals surface area contributed by atoms with Crippen molar-refractivity contribution in [2.45, 2.75) is 17.8 Å². The van der Waals surface area contributed by atoms with Gasteiger partial charge in [0.15, 0.2) is 5.82 Å². The minimum absolute atomic E-state index is 0.725. The van der Waals surface area contributed by atoms with E-state index in [2.05, 4.69) is 56.2 Å². The predicted octanol–water partition coefficient (Wildman–Crippen LogP) is 4.84. The molecule has 1 heterocycles. The molecule has 0 fully saturated rings. The van der Waals surface area contributed by atoms with Crippen molar-refractivity contribution >= 4 is 27.7 Å². The molecule has 118 valence electrons. The SMILES string of the molecule is COc1ccc(Br)cc1CSc1n[nH]c(-c2ccc(C)cc2)n1. The van der Waals surface area contributed by atoms with Crippen LogP contribution in [0.25, 0.3) is 11.4 Å². The van der Waals surface area contributed by atoms with Crippen molar-refractivity contribution < 1.29 is 4.74 Å². The van der Waals surface area contributed by atoms with Gasteiger partial charge in [0.1, 0.15) is 5.75 Å². The summed E-state index contributed by atoms with van der Waals surface area (Å²) in [6.45, 7) is 2.07. The second-order valence-electron chi connectivity index (χ2n) is 5.08. The van der Waals surface area contributed by atoms with Gasteiger partial charge in [0.25, 0.3) is 0 Å². The number of ether oxygens (including phenoxy) is 1. The maximum absolute atomic E-state index is 5.39. The Hall–Kier alpha value is -1.79. The number of rotatable bonds is 5. The molecule has 4 nitrogen and oxygen atoms in total. The summed E-state index contributed by atoms with van der Waals surface area (Å²) in [4.78, 5) is 4.55. The van der Waals surface area contributed by atoms with Gasteiger partial charge in [-0.15, -0.1) is 5.10 Å². The lowest BCUT2D eigenvalue weighted by Crippen LogP contribution is -1.90. The van der Waals surface area contributed by atoms with E-state index in [1.807, 2.05) is 24.3 Å². The van der Waals surface area contributed by atoms with Crippen LogP contribution in [0.2, 0.25) is 0 Å². The maximum atomic E-state index is 5.39. The van der Waals surface area contributed by atoms with Crippen LogP contribution in [0.3, 0.4) is 0 Å². The number of thioether (sulfide) groups is 1. The van der Waals surface area contributed by atoms with E-state index in [0.717, 1.165) is 38.1 Å². The van der Waals surface area contributed by atoms with Crippen molar-refractivity contribution in [1.29, 1.82) is 0 Å². The fourth-order valence-corrected chi connectivity index (χ4v) is 3.34. The van der Waals surface area contributed by atoms with E-state index >= 15 is 0 Å². The topological polar surface area (TPSA) is 50.8 Å². The average Bonchev–Trinajstić information content (AvgIpc) is 3.03. The summed E-state index contributed by atoms with van der Waals surface area (Å²) in [5.74, 6) is 2.40. The van der Waals surface area contributed by atoms with Gasteiger partial charge < -0.3 is 4.74 Å². The zero-order valence-corrected chi connectivity index (χ0v) is 15.2. The fourth-order valence-electron chi connectivity index (χ4n) is 2.15. The number of aromatic nitrogens is 3. The highest BCUT2D eigenvalue weighted by molar-refractivity contribution is 9.10. The van der Waals surface area contributed by atoms with Crippen LogP contribution in [0, 0.1) is 6.92 Å². The summed E-state index contributed by atoms with van der Waals surface area (Å²) in [6, 6.07) is 14.2. The monoisotopic (exact) mass is 389 g/mol. The third kappa shape index (κ3) is 3.95. The van der Waals surface area contributed by atoms with Crippen molar-refractivity contribution in [3.05, 3.63) is 58.1 Å². The number of hydrogen-bond donors (Lipinski definition) is 1. The molecule has 0 aliphatic heterocycles. The van der Waals surface area contributed by atoms with Crippen LogP contribution in [0.4, 0.5) is 0 Å². The maximum Gasteiger partial charge on any atom is 0.209 e. The number of halogens is 1. The first-order valence-electron chi connectivity index (χ1n) is 7.10. The Morgan fingerprint density at radius 3 is 2.70 bits per heavy atom. The molecule has 6 heteroatoms. The number of nitrogens with one attached hydrogen (secondary N) is 1. The van der Waals surface area contributed by atoms with Crippen molar-refractivity contribution in [3.8, 4) is 17.1 Å². The first kappa shape index (κ1) is 16.1. The Balaban J connectivity index is 1.72. The van der Waals surface area contributed by atoms with E-state index < -0.39 is 0 Å². The molecule has 0 bridgehead atoms. The normalized spacial score (nSPS) is 10.7. The summed E-state index contributed by atoms with van der Waals surface area (Å²) in [5, 5.41) is 8.00. The minimum atomic E-state index is 0.725. The zero-order chi connectivity index (χ0) is 16.2. The molecular formula is C17H16BrN3OS. The predicted molar refractivity (Wildman–Crippen MR) is 96.8 cm³/mol. The molecule has 1 N–H and O–H groups in total. The van der Waals surface area contributed by atoms with E-state index in [4.69, 9.17) is 4.74 Å². The van der Waals surface area contributed by atoms with Gasteiger partial charge in [-0.2, -0.15) is 0 Å². The molecule has 3 aromatic rings. The van der Waals surface area contributed by atoms with Crippen LogP contribution in [0.15, 0.2) is 52.1 Å².